The molecule has 6 nitrogen and oxygen atoms in total. The van der Waals surface area contributed by atoms with Crippen LogP contribution in [0.2, 0.25) is 0 Å². The van der Waals surface area contributed by atoms with Gasteiger partial charge in [-0.1, -0.05) is 13.8 Å². The minimum Gasteiger partial charge on any atom is -0.479 e. The van der Waals surface area contributed by atoms with Crippen molar-refractivity contribution in [1.29, 1.82) is 0 Å². The van der Waals surface area contributed by atoms with Crippen molar-refractivity contribution in [2.24, 2.45) is 5.92 Å². The first-order chi connectivity index (χ1) is 8.29. The Kier molecular flexibility index (Phi) is 7.54. The maximum Gasteiger partial charge on any atom is 0.344 e. The van der Waals surface area contributed by atoms with Gasteiger partial charge in [-0.25, -0.2) is 4.79 Å². The number of nitrogens with zero attached hydrogens (tertiary/aromatic N) is 1. The maximum absolute atomic E-state index is 11.9. The Bertz CT molecular complexity index is 280. The normalized spacial score (nSPS) is 14.6. The lowest BCUT2D eigenvalue weighted by molar-refractivity contribution is -0.167. The molecule has 0 aliphatic carbocycles. The van der Waals surface area contributed by atoms with Gasteiger partial charge < -0.3 is 14.6 Å². The van der Waals surface area contributed by atoms with Crippen molar-refractivity contribution in [2.45, 2.75) is 39.3 Å². The standard InChI is InChI=1S/C12H23NO5/c1-8(2)6-10(13(4)7-17-5)12(16)18-9(3)11(14)15/h8-10H,6-7H2,1-5H3,(H,14,15)/t9-,10+/m1/s1. The maximum atomic E-state index is 11.9. The summed E-state index contributed by atoms with van der Waals surface area (Å²) < 4.78 is 9.88. The van der Waals surface area contributed by atoms with Gasteiger partial charge in [0, 0.05) is 7.11 Å². The molecule has 0 aliphatic rings. The van der Waals surface area contributed by atoms with Crippen LogP contribution < -0.4 is 0 Å². The Hall–Kier alpha value is -1.14. The van der Waals surface area contributed by atoms with E-state index in [1.807, 2.05) is 13.8 Å². The van der Waals surface area contributed by atoms with E-state index < -0.39 is 24.1 Å². The van der Waals surface area contributed by atoms with Gasteiger partial charge in [0.2, 0.25) is 0 Å². The lowest BCUT2D eigenvalue weighted by atomic mass is 10.0. The van der Waals surface area contributed by atoms with Gasteiger partial charge >= 0.3 is 11.9 Å². The predicted octanol–water partition coefficient (Wildman–Crippen LogP) is 0.953. The number of hydrogen-bond donors (Lipinski definition) is 1. The molecule has 106 valence electrons. The summed E-state index contributed by atoms with van der Waals surface area (Å²) >= 11 is 0. The van der Waals surface area contributed by atoms with E-state index in [-0.39, 0.29) is 6.73 Å². The number of carboxylic acids is 1. The number of carbonyl (C=O) groups excluding carboxylic acids is 1. The van der Waals surface area contributed by atoms with Crippen molar-refractivity contribution in [1.82, 2.24) is 4.90 Å². The molecule has 0 bridgehead atoms. The fourth-order valence-corrected chi connectivity index (χ4v) is 1.50. The molecule has 6 heteroatoms. The smallest absolute Gasteiger partial charge is 0.344 e. The number of carboxylic acid groups (broad SMARTS) is 1. The van der Waals surface area contributed by atoms with Gasteiger partial charge in [0.15, 0.2) is 6.10 Å². The zero-order valence-corrected chi connectivity index (χ0v) is 11.7. The summed E-state index contributed by atoms with van der Waals surface area (Å²) in [6.07, 6.45) is -0.548. The molecule has 0 radical (unpaired) electrons. The molecule has 0 heterocycles. The average molecular weight is 261 g/mol. The third kappa shape index (κ3) is 5.97. The lowest BCUT2D eigenvalue weighted by Crippen LogP contribution is -2.43. The van der Waals surface area contributed by atoms with Crippen LogP contribution in [0.25, 0.3) is 0 Å². The fraction of sp³-hybridized carbons (Fsp3) is 0.833. The number of ether oxygens (including phenoxy) is 2. The molecule has 0 aromatic carbocycles. The summed E-state index contributed by atoms with van der Waals surface area (Å²) in [7, 11) is 3.28. The van der Waals surface area contributed by atoms with E-state index in [2.05, 4.69) is 0 Å². The van der Waals surface area contributed by atoms with Crippen LogP contribution in [-0.4, -0.2) is 55.0 Å². The van der Waals surface area contributed by atoms with E-state index in [0.717, 1.165) is 0 Å². The molecule has 0 aromatic rings. The molecular formula is C12H23NO5. The Morgan fingerprint density at radius 2 is 1.83 bits per heavy atom. The summed E-state index contributed by atoms with van der Waals surface area (Å²) in [6.45, 7) is 5.60. The number of rotatable bonds is 8. The molecule has 0 aliphatic heterocycles. The zero-order chi connectivity index (χ0) is 14.3. The first-order valence-electron chi connectivity index (χ1n) is 5.92. The van der Waals surface area contributed by atoms with Crippen LogP contribution in [0.1, 0.15) is 27.2 Å². The van der Waals surface area contributed by atoms with Gasteiger partial charge in [-0.15, -0.1) is 0 Å². The van der Waals surface area contributed by atoms with Gasteiger partial charge in [0.05, 0.1) is 6.73 Å². The number of aliphatic carboxylic acids is 1. The van der Waals surface area contributed by atoms with Crippen LogP contribution >= 0.6 is 0 Å². The highest BCUT2D eigenvalue weighted by atomic mass is 16.6. The van der Waals surface area contributed by atoms with Gasteiger partial charge in [0.25, 0.3) is 0 Å². The number of likely N-dealkylation sites (N-methyl/N-ethyl adjacent to an activating group) is 1. The van der Waals surface area contributed by atoms with E-state index in [0.29, 0.717) is 12.3 Å². The van der Waals surface area contributed by atoms with Crippen LogP contribution in [0, 0.1) is 5.92 Å². The SMILES string of the molecule is COCN(C)[C@@H](CC(C)C)C(=O)O[C@H](C)C(=O)O. The van der Waals surface area contributed by atoms with E-state index in [4.69, 9.17) is 14.6 Å². The molecule has 1 N–H and O–H groups in total. The van der Waals surface area contributed by atoms with Gasteiger partial charge in [0.1, 0.15) is 6.04 Å². The highest BCUT2D eigenvalue weighted by Gasteiger charge is 2.28. The number of methoxy groups -OCH3 is 1. The Morgan fingerprint density at radius 1 is 1.28 bits per heavy atom. The van der Waals surface area contributed by atoms with Crippen LogP contribution in [-0.2, 0) is 19.1 Å². The number of hydrogen-bond acceptors (Lipinski definition) is 5. The van der Waals surface area contributed by atoms with Crippen LogP contribution in [0.4, 0.5) is 0 Å². The summed E-state index contributed by atoms with van der Waals surface area (Å²) in [6, 6.07) is -0.494. The Balaban J connectivity index is 4.63. The van der Waals surface area contributed by atoms with Crippen LogP contribution in [0.15, 0.2) is 0 Å². The predicted molar refractivity (Wildman–Crippen MR) is 66.1 cm³/mol. The monoisotopic (exact) mass is 261 g/mol. The van der Waals surface area contributed by atoms with E-state index in [1.54, 1.807) is 11.9 Å². The summed E-state index contributed by atoms with van der Waals surface area (Å²) in [4.78, 5) is 24.3. The molecule has 0 spiro atoms. The Labute approximate surface area is 108 Å². The second kappa shape index (κ2) is 8.05. The van der Waals surface area contributed by atoms with E-state index in [9.17, 15) is 9.59 Å². The third-order valence-corrected chi connectivity index (χ3v) is 2.47. The summed E-state index contributed by atoms with van der Waals surface area (Å²) in [5.74, 6) is -1.39. The van der Waals surface area contributed by atoms with Gasteiger partial charge in [-0.05, 0) is 26.3 Å². The highest BCUT2D eigenvalue weighted by molar-refractivity contribution is 5.80. The first kappa shape index (κ1) is 16.9. The molecule has 0 amide bonds. The Morgan fingerprint density at radius 3 is 2.22 bits per heavy atom. The van der Waals surface area contributed by atoms with E-state index in [1.165, 1.54) is 14.0 Å². The quantitative estimate of drug-likeness (QED) is 0.518. The topological polar surface area (TPSA) is 76.1 Å². The van der Waals surface area contributed by atoms with Crippen molar-refractivity contribution >= 4 is 11.9 Å². The molecule has 0 unspecified atom stereocenters. The largest absolute Gasteiger partial charge is 0.479 e. The second-order valence-corrected chi connectivity index (χ2v) is 4.74. The molecule has 0 saturated heterocycles. The van der Waals surface area contributed by atoms with Crippen molar-refractivity contribution in [3.05, 3.63) is 0 Å². The van der Waals surface area contributed by atoms with Gasteiger partial charge in [-0.3, -0.25) is 9.69 Å². The van der Waals surface area contributed by atoms with Crippen molar-refractivity contribution in [3.63, 3.8) is 0 Å². The minimum atomic E-state index is -1.15. The second-order valence-electron chi connectivity index (χ2n) is 4.74. The number of esters is 1. The van der Waals surface area contributed by atoms with Crippen LogP contribution in [0.5, 0.6) is 0 Å². The molecular weight excluding hydrogens is 238 g/mol. The molecule has 18 heavy (non-hydrogen) atoms. The summed E-state index contributed by atoms with van der Waals surface area (Å²) in [5.41, 5.74) is 0. The van der Waals surface area contributed by atoms with Crippen molar-refractivity contribution < 1.29 is 24.2 Å². The molecule has 0 saturated carbocycles. The molecule has 0 rings (SSSR count). The van der Waals surface area contributed by atoms with Crippen molar-refractivity contribution in [2.75, 3.05) is 20.9 Å². The zero-order valence-electron chi connectivity index (χ0n) is 11.7. The minimum absolute atomic E-state index is 0.286. The van der Waals surface area contributed by atoms with Crippen LogP contribution in [0.3, 0.4) is 0 Å². The molecule has 2 atom stereocenters. The van der Waals surface area contributed by atoms with Crippen molar-refractivity contribution in [3.8, 4) is 0 Å². The summed E-state index contributed by atoms with van der Waals surface area (Å²) in [5, 5.41) is 8.72. The third-order valence-electron chi connectivity index (χ3n) is 2.47. The number of carbonyl (C=O) groups is 2. The first-order valence-corrected chi connectivity index (χ1v) is 5.92. The highest BCUT2D eigenvalue weighted by Crippen LogP contribution is 2.13. The molecule has 0 fully saturated rings. The van der Waals surface area contributed by atoms with Gasteiger partial charge in [-0.2, -0.15) is 0 Å². The van der Waals surface area contributed by atoms with E-state index >= 15 is 0 Å². The lowest BCUT2D eigenvalue weighted by Gasteiger charge is -2.27. The molecule has 0 aromatic heterocycles. The fourth-order valence-electron chi connectivity index (χ4n) is 1.50. The average Bonchev–Trinajstić information content (AvgIpc) is 2.25.